The third-order valence-corrected chi connectivity index (χ3v) is 2.90. The molecule has 0 saturated heterocycles. The third kappa shape index (κ3) is 1.39. The molecule has 2 aliphatic carbocycles. The van der Waals surface area contributed by atoms with Gasteiger partial charge < -0.3 is 5.32 Å². The van der Waals surface area contributed by atoms with E-state index < -0.39 is 0 Å². The van der Waals surface area contributed by atoms with Gasteiger partial charge in [0.15, 0.2) is 0 Å². The van der Waals surface area contributed by atoms with Crippen LogP contribution >= 0.6 is 0 Å². The zero-order valence-electron chi connectivity index (χ0n) is 6.97. The Bertz CT molecular complexity index is 174. The second kappa shape index (κ2) is 2.50. The number of rotatable bonds is 2. The fourth-order valence-electron chi connectivity index (χ4n) is 1.55. The summed E-state index contributed by atoms with van der Waals surface area (Å²) < 4.78 is 0. The first kappa shape index (κ1) is 7.14. The molecule has 2 nitrogen and oxygen atoms in total. The number of carbonyl (C=O) groups excluding carboxylic acids is 1. The minimum Gasteiger partial charge on any atom is -0.353 e. The predicted molar refractivity (Wildman–Crippen MR) is 43.1 cm³/mol. The first-order valence-corrected chi connectivity index (χ1v) is 4.58. The SMILES string of the molecule is CC1CC1C(=O)NC1CCC1. The van der Waals surface area contributed by atoms with E-state index >= 15 is 0 Å². The number of hydrogen-bond acceptors (Lipinski definition) is 1. The van der Waals surface area contributed by atoms with Gasteiger partial charge in [0.05, 0.1) is 0 Å². The molecule has 0 bridgehead atoms. The van der Waals surface area contributed by atoms with Gasteiger partial charge in [-0.05, 0) is 31.6 Å². The number of hydrogen-bond donors (Lipinski definition) is 1. The summed E-state index contributed by atoms with van der Waals surface area (Å²) in [4.78, 5) is 11.3. The van der Waals surface area contributed by atoms with Crippen LogP contribution in [-0.4, -0.2) is 11.9 Å². The Morgan fingerprint density at radius 2 is 2.09 bits per heavy atom. The standard InChI is InChI=1S/C9H15NO/c1-6-5-8(6)9(11)10-7-3-2-4-7/h6-8H,2-5H2,1H3,(H,10,11). The van der Waals surface area contributed by atoms with Crippen LogP contribution in [0.2, 0.25) is 0 Å². The maximum Gasteiger partial charge on any atom is 0.223 e. The van der Waals surface area contributed by atoms with Crippen LogP contribution in [0.1, 0.15) is 32.6 Å². The van der Waals surface area contributed by atoms with Crippen LogP contribution < -0.4 is 5.32 Å². The van der Waals surface area contributed by atoms with Crippen molar-refractivity contribution in [3.05, 3.63) is 0 Å². The third-order valence-electron chi connectivity index (χ3n) is 2.90. The first-order chi connectivity index (χ1) is 5.27. The molecule has 62 valence electrons. The molecule has 2 fully saturated rings. The molecule has 2 unspecified atom stereocenters. The van der Waals surface area contributed by atoms with Crippen molar-refractivity contribution in [2.45, 2.75) is 38.6 Å². The predicted octanol–water partition coefficient (Wildman–Crippen LogP) is 1.31. The van der Waals surface area contributed by atoms with Crippen LogP contribution in [0.25, 0.3) is 0 Å². The van der Waals surface area contributed by atoms with Gasteiger partial charge in [0.2, 0.25) is 5.91 Å². The van der Waals surface area contributed by atoms with Gasteiger partial charge in [0.1, 0.15) is 0 Å². The summed E-state index contributed by atoms with van der Waals surface area (Å²) in [5.74, 6) is 1.31. The Hall–Kier alpha value is -0.530. The lowest BCUT2D eigenvalue weighted by atomic mass is 9.93. The molecular formula is C9H15NO. The fourth-order valence-corrected chi connectivity index (χ4v) is 1.55. The summed E-state index contributed by atoms with van der Waals surface area (Å²) in [5.41, 5.74) is 0. The van der Waals surface area contributed by atoms with Crippen LogP contribution in [0.3, 0.4) is 0 Å². The largest absolute Gasteiger partial charge is 0.353 e. The second-order valence-corrected chi connectivity index (χ2v) is 3.96. The molecule has 2 atom stereocenters. The van der Waals surface area contributed by atoms with Gasteiger partial charge in [0.25, 0.3) is 0 Å². The summed E-state index contributed by atoms with van der Waals surface area (Å²) in [6.07, 6.45) is 4.81. The summed E-state index contributed by atoms with van der Waals surface area (Å²) >= 11 is 0. The van der Waals surface area contributed by atoms with Gasteiger partial charge >= 0.3 is 0 Å². The number of carbonyl (C=O) groups is 1. The van der Waals surface area contributed by atoms with Crippen molar-refractivity contribution in [3.63, 3.8) is 0 Å². The zero-order chi connectivity index (χ0) is 7.84. The fraction of sp³-hybridized carbons (Fsp3) is 0.889. The molecule has 2 rings (SSSR count). The minimum atomic E-state index is 0.308. The van der Waals surface area contributed by atoms with Crippen LogP contribution in [0.15, 0.2) is 0 Å². The van der Waals surface area contributed by atoms with Crippen molar-refractivity contribution in [2.75, 3.05) is 0 Å². The van der Waals surface area contributed by atoms with Crippen LogP contribution in [-0.2, 0) is 4.79 Å². The molecule has 0 radical (unpaired) electrons. The molecule has 0 aromatic carbocycles. The highest BCUT2D eigenvalue weighted by atomic mass is 16.2. The van der Waals surface area contributed by atoms with Crippen molar-refractivity contribution < 1.29 is 4.79 Å². The van der Waals surface area contributed by atoms with Gasteiger partial charge in [-0.25, -0.2) is 0 Å². The molecular weight excluding hydrogens is 138 g/mol. The van der Waals surface area contributed by atoms with Crippen molar-refractivity contribution >= 4 is 5.91 Å². The summed E-state index contributed by atoms with van der Waals surface area (Å²) in [5, 5.41) is 3.07. The maximum atomic E-state index is 11.3. The minimum absolute atomic E-state index is 0.308. The molecule has 2 heteroatoms. The monoisotopic (exact) mass is 153 g/mol. The molecule has 0 heterocycles. The van der Waals surface area contributed by atoms with Gasteiger partial charge in [-0.15, -0.1) is 0 Å². The van der Waals surface area contributed by atoms with E-state index in [0.717, 1.165) is 6.42 Å². The highest BCUT2D eigenvalue weighted by molar-refractivity contribution is 5.81. The molecule has 0 aromatic heterocycles. The van der Waals surface area contributed by atoms with E-state index in [1.54, 1.807) is 0 Å². The van der Waals surface area contributed by atoms with Crippen LogP contribution in [0.5, 0.6) is 0 Å². The van der Waals surface area contributed by atoms with Gasteiger partial charge in [-0.2, -0.15) is 0 Å². The van der Waals surface area contributed by atoms with E-state index in [9.17, 15) is 4.79 Å². The van der Waals surface area contributed by atoms with Crippen molar-refractivity contribution in [3.8, 4) is 0 Å². The van der Waals surface area contributed by atoms with Crippen LogP contribution in [0, 0.1) is 11.8 Å². The quantitative estimate of drug-likeness (QED) is 0.636. The molecule has 0 aliphatic heterocycles. The zero-order valence-corrected chi connectivity index (χ0v) is 6.97. The molecule has 2 aliphatic rings. The summed E-state index contributed by atoms with van der Waals surface area (Å²) in [6.45, 7) is 2.14. The Morgan fingerprint density at radius 3 is 2.45 bits per heavy atom. The van der Waals surface area contributed by atoms with E-state index in [-0.39, 0.29) is 0 Å². The lowest BCUT2D eigenvalue weighted by Gasteiger charge is -2.26. The molecule has 1 N–H and O–H groups in total. The molecule has 11 heavy (non-hydrogen) atoms. The average molecular weight is 153 g/mol. The smallest absolute Gasteiger partial charge is 0.223 e. The molecule has 1 amide bonds. The Morgan fingerprint density at radius 1 is 1.45 bits per heavy atom. The Kier molecular flexibility index (Phi) is 1.63. The van der Waals surface area contributed by atoms with Crippen molar-refractivity contribution in [1.29, 1.82) is 0 Å². The highest BCUT2D eigenvalue weighted by Crippen LogP contribution is 2.38. The lowest BCUT2D eigenvalue weighted by Crippen LogP contribution is -2.40. The van der Waals surface area contributed by atoms with Gasteiger partial charge in [0, 0.05) is 12.0 Å². The van der Waals surface area contributed by atoms with E-state index in [2.05, 4.69) is 12.2 Å². The maximum absolute atomic E-state index is 11.3. The van der Waals surface area contributed by atoms with Crippen LogP contribution in [0.4, 0.5) is 0 Å². The lowest BCUT2D eigenvalue weighted by molar-refractivity contribution is -0.123. The normalized spacial score (nSPS) is 36.1. The number of nitrogens with one attached hydrogen (secondary N) is 1. The Balaban J connectivity index is 1.73. The Labute approximate surface area is 67.4 Å². The molecule has 0 aromatic rings. The van der Waals surface area contributed by atoms with E-state index in [0.29, 0.717) is 23.8 Å². The van der Waals surface area contributed by atoms with E-state index in [1.807, 2.05) is 0 Å². The topological polar surface area (TPSA) is 29.1 Å². The second-order valence-electron chi connectivity index (χ2n) is 3.96. The first-order valence-electron chi connectivity index (χ1n) is 4.58. The summed E-state index contributed by atoms with van der Waals surface area (Å²) in [7, 11) is 0. The van der Waals surface area contributed by atoms with E-state index in [1.165, 1.54) is 19.3 Å². The van der Waals surface area contributed by atoms with E-state index in [4.69, 9.17) is 0 Å². The number of amides is 1. The van der Waals surface area contributed by atoms with Crippen molar-refractivity contribution in [2.24, 2.45) is 11.8 Å². The summed E-state index contributed by atoms with van der Waals surface area (Å²) in [6, 6.07) is 0.523. The molecule has 2 saturated carbocycles. The van der Waals surface area contributed by atoms with Gasteiger partial charge in [-0.3, -0.25) is 4.79 Å². The van der Waals surface area contributed by atoms with Gasteiger partial charge in [-0.1, -0.05) is 6.92 Å². The highest BCUT2D eigenvalue weighted by Gasteiger charge is 2.40. The average Bonchev–Trinajstić information content (AvgIpc) is 2.57. The molecule has 0 spiro atoms. The van der Waals surface area contributed by atoms with Crippen molar-refractivity contribution in [1.82, 2.24) is 5.32 Å².